The van der Waals surface area contributed by atoms with Crippen molar-refractivity contribution in [1.29, 1.82) is 5.26 Å². The van der Waals surface area contributed by atoms with Gasteiger partial charge < -0.3 is 0 Å². The van der Waals surface area contributed by atoms with Crippen LogP contribution in [-0.2, 0) is 10.0 Å². The molecule has 0 aliphatic carbocycles. The van der Waals surface area contributed by atoms with Crippen LogP contribution in [0.5, 0.6) is 0 Å². The van der Waals surface area contributed by atoms with Crippen LogP contribution in [0, 0.1) is 11.3 Å². The molecule has 24 heavy (non-hydrogen) atoms. The predicted octanol–water partition coefficient (Wildman–Crippen LogP) is 3.66. The van der Waals surface area contributed by atoms with Gasteiger partial charge in [-0.3, -0.25) is 0 Å². The van der Waals surface area contributed by atoms with Crippen LogP contribution >= 0.6 is 0 Å². The summed E-state index contributed by atoms with van der Waals surface area (Å²) in [5.74, 6) is 0.0683. The number of benzene rings is 2. The second-order valence-corrected chi connectivity index (χ2v) is 8.44. The SMILES string of the molecule is CC(CNS(=O)(=O)C(C)C)c1ccc(-c2ccccc2C#N)cc1. The Labute approximate surface area is 144 Å². The average Bonchev–Trinajstić information content (AvgIpc) is 2.59. The van der Waals surface area contributed by atoms with Crippen LogP contribution in [-0.4, -0.2) is 20.2 Å². The van der Waals surface area contributed by atoms with Crippen LogP contribution < -0.4 is 4.72 Å². The van der Waals surface area contributed by atoms with E-state index in [1.807, 2.05) is 49.4 Å². The summed E-state index contributed by atoms with van der Waals surface area (Å²) in [4.78, 5) is 0. The van der Waals surface area contributed by atoms with Crippen LogP contribution in [0.1, 0.15) is 37.8 Å². The molecule has 0 heterocycles. The molecule has 2 aromatic rings. The number of hydrogen-bond acceptors (Lipinski definition) is 3. The molecule has 1 atom stereocenters. The highest BCUT2D eigenvalue weighted by Gasteiger charge is 2.17. The minimum absolute atomic E-state index is 0.0683. The maximum absolute atomic E-state index is 11.8. The summed E-state index contributed by atoms with van der Waals surface area (Å²) in [5.41, 5.74) is 3.58. The molecule has 0 saturated heterocycles. The molecule has 126 valence electrons. The van der Waals surface area contributed by atoms with Crippen molar-refractivity contribution in [3.63, 3.8) is 0 Å². The van der Waals surface area contributed by atoms with Crippen molar-refractivity contribution < 1.29 is 8.42 Å². The van der Waals surface area contributed by atoms with Crippen molar-refractivity contribution in [3.8, 4) is 17.2 Å². The maximum atomic E-state index is 11.8. The lowest BCUT2D eigenvalue weighted by molar-refractivity contribution is 0.566. The van der Waals surface area contributed by atoms with Gasteiger partial charge in [-0.15, -0.1) is 0 Å². The largest absolute Gasteiger partial charge is 0.214 e. The van der Waals surface area contributed by atoms with E-state index in [-0.39, 0.29) is 5.92 Å². The van der Waals surface area contributed by atoms with Crippen molar-refractivity contribution in [3.05, 3.63) is 59.7 Å². The van der Waals surface area contributed by atoms with Crippen LogP contribution in [0.4, 0.5) is 0 Å². The van der Waals surface area contributed by atoms with Gasteiger partial charge in [-0.25, -0.2) is 13.1 Å². The highest BCUT2D eigenvalue weighted by molar-refractivity contribution is 7.90. The van der Waals surface area contributed by atoms with Gasteiger partial charge in [0.25, 0.3) is 0 Å². The van der Waals surface area contributed by atoms with Gasteiger partial charge in [-0.05, 0) is 42.5 Å². The Hall–Kier alpha value is -2.16. The first kappa shape index (κ1) is 18.2. The first-order valence-corrected chi connectivity index (χ1v) is 9.47. The minimum Gasteiger partial charge on any atom is -0.214 e. The first-order chi connectivity index (χ1) is 11.3. The summed E-state index contributed by atoms with van der Waals surface area (Å²) in [6, 6.07) is 17.6. The fraction of sp³-hybridized carbons (Fsp3) is 0.316. The Balaban J connectivity index is 2.13. The number of sulfonamides is 1. The van der Waals surface area contributed by atoms with Crippen LogP contribution in [0.3, 0.4) is 0 Å². The summed E-state index contributed by atoms with van der Waals surface area (Å²) in [7, 11) is -3.25. The summed E-state index contributed by atoms with van der Waals surface area (Å²) < 4.78 is 26.3. The van der Waals surface area contributed by atoms with E-state index >= 15 is 0 Å². The number of nitrogens with zero attached hydrogens (tertiary/aromatic N) is 1. The normalized spacial score (nSPS) is 12.8. The maximum Gasteiger partial charge on any atom is 0.213 e. The fourth-order valence-corrected chi connectivity index (χ4v) is 3.16. The van der Waals surface area contributed by atoms with Gasteiger partial charge in [0.1, 0.15) is 0 Å². The van der Waals surface area contributed by atoms with Crippen molar-refractivity contribution in [2.45, 2.75) is 31.9 Å². The Morgan fingerprint density at radius 3 is 2.25 bits per heavy atom. The molecule has 0 amide bonds. The second kappa shape index (κ2) is 7.61. The zero-order chi connectivity index (χ0) is 17.7. The van der Waals surface area contributed by atoms with Gasteiger partial charge in [0.05, 0.1) is 16.9 Å². The standard InChI is InChI=1S/C19H22N2O2S/c1-14(2)24(22,23)21-13-15(3)16-8-10-17(11-9-16)19-7-5-4-6-18(19)12-20/h4-11,14-15,21H,13H2,1-3H3. The summed E-state index contributed by atoms with van der Waals surface area (Å²) in [6.45, 7) is 5.68. The van der Waals surface area contributed by atoms with Crippen molar-refractivity contribution >= 4 is 10.0 Å². The first-order valence-electron chi connectivity index (χ1n) is 7.93. The molecular formula is C19H22N2O2S. The van der Waals surface area contributed by atoms with Gasteiger partial charge >= 0.3 is 0 Å². The van der Waals surface area contributed by atoms with E-state index in [0.29, 0.717) is 12.1 Å². The minimum atomic E-state index is -3.25. The van der Waals surface area contributed by atoms with E-state index < -0.39 is 15.3 Å². The molecule has 0 fully saturated rings. The Bertz CT molecular complexity index is 834. The van der Waals surface area contributed by atoms with Gasteiger partial charge in [0.2, 0.25) is 10.0 Å². The molecule has 0 aromatic heterocycles. The molecule has 1 unspecified atom stereocenters. The third-order valence-corrected chi connectivity index (χ3v) is 5.86. The van der Waals surface area contributed by atoms with E-state index in [4.69, 9.17) is 0 Å². The predicted molar refractivity (Wildman–Crippen MR) is 97.1 cm³/mol. The van der Waals surface area contributed by atoms with Crippen molar-refractivity contribution in [1.82, 2.24) is 4.72 Å². The third kappa shape index (κ3) is 4.22. The number of hydrogen-bond donors (Lipinski definition) is 1. The van der Waals surface area contributed by atoms with Crippen molar-refractivity contribution in [2.24, 2.45) is 0 Å². The van der Waals surface area contributed by atoms with E-state index in [0.717, 1.165) is 16.7 Å². The Morgan fingerprint density at radius 2 is 1.67 bits per heavy atom. The highest BCUT2D eigenvalue weighted by atomic mass is 32.2. The van der Waals surface area contributed by atoms with Gasteiger partial charge in [-0.1, -0.05) is 49.4 Å². The molecule has 0 bridgehead atoms. The van der Waals surface area contributed by atoms with Crippen LogP contribution in [0.2, 0.25) is 0 Å². The highest BCUT2D eigenvalue weighted by Crippen LogP contribution is 2.25. The zero-order valence-corrected chi connectivity index (χ0v) is 15.0. The molecule has 0 saturated carbocycles. The van der Waals surface area contributed by atoms with Gasteiger partial charge in [-0.2, -0.15) is 5.26 Å². The second-order valence-electron chi connectivity index (χ2n) is 6.12. The van der Waals surface area contributed by atoms with Gasteiger partial charge in [0.15, 0.2) is 0 Å². The third-order valence-electron chi connectivity index (χ3n) is 4.05. The fourth-order valence-electron chi connectivity index (χ4n) is 2.35. The molecule has 5 heteroatoms. The van der Waals surface area contributed by atoms with Crippen LogP contribution in [0.15, 0.2) is 48.5 Å². The quantitative estimate of drug-likeness (QED) is 0.871. The summed E-state index contributed by atoms with van der Waals surface area (Å²) in [6.07, 6.45) is 0. The molecule has 0 aliphatic rings. The summed E-state index contributed by atoms with van der Waals surface area (Å²) >= 11 is 0. The van der Waals surface area contributed by atoms with E-state index in [2.05, 4.69) is 10.8 Å². The Kier molecular flexibility index (Phi) is 5.76. The molecule has 2 rings (SSSR count). The van der Waals surface area contributed by atoms with Gasteiger partial charge in [0, 0.05) is 6.54 Å². The van der Waals surface area contributed by atoms with E-state index in [9.17, 15) is 13.7 Å². The lowest BCUT2D eigenvalue weighted by Gasteiger charge is -2.15. The van der Waals surface area contributed by atoms with E-state index in [1.54, 1.807) is 19.9 Å². The molecule has 2 aromatic carbocycles. The number of nitriles is 1. The topological polar surface area (TPSA) is 70.0 Å². The molecule has 4 nitrogen and oxygen atoms in total. The Morgan fingerprint density at radius 1 is 1.04 bits per heavy atom. The van der Waals surface area contributed by atoms with Crippen molar-refractivity contribution in [2.75, 3.05) is 6.54 Å². The number of nitrogens with one attached hydrogen (secondary N) is 1. The molecule has 0 spiro atoms. The number of rotatable bonds is 6. The lowest BCUT2D eigenvalue weighted by atomic mass is 9.96. The molecule has 0 aliphatic heterocycles. The molecular weight excluding hydrogens is 320 g/mol. The smallest absolute Gasteiger partial charge is 0.213 e. The molecule has 0 radical (unpaired) electrons. The average molecular weight is 342 g/mol. The van der Waals surface area contributed by atoms with E-state index in [1.165, 1.54) is 0 Å². The zero-order valence-electron chi connectivity index (χ0n) is 14.2. The monoisotopic (exact) mass is 342 g/mol. The lowest BCUT2D eigenvalue weighted by Crippen LogP contribution is -2.33. The molecule has 1 N–H and O–H groups in total. The van der Waals surface area contributed by atoms with Crippen LogP contribution in [0.25, 0.3) is 11.1 Å². The summed E-state index contributed by atoms with van der Waals surface area (Å²) in [5, 5.41) is 8.76.